The first-order valence-electron chi connectivity index (χ1n) is 4.71. The van der Waals surface area contributed by atoms with Crippen molar-refractivity contribution in [3.63, 3.8) is 0 Å². The molecular formula is C11H12N2O3. The van der Waals surface area contributed by atoms with Crippen molar-refractivity contribution in [1.82, 2.24) is 5.32 Å². The highest BCUT2D eigenvalue weighted by Gasteiger charge is 2.13. The lowest BCUT2D eigenvalue weighted by atomic mass is 10.1. The quantitative estimate of drug-likeness (QED) is 0.743. The van der Waals surface area contributed by atoms with Gasteiger partial charge >= 0.3 is 0 Å². The first kappa shape index (κ1) is 11.9. The number of aromatic hydroxyl groups is 1. The zero-order chi connectivity index (χ0) is 12.0. The minimum Gasteiger partial charge on any atom is -0.504 e. The molecule has 16 heavy (non-hydrogen) atoms. The van der Waals surface area contributed by atoms with E-state index in [0.717, 1.165) is 0 Å². The molecule has 0 aromatic heterocycles. The summed E-state index contributed by atoms with van der Waals surface area (Å²) in [7, 11) is 1.41. The first-order chi connectivity index (χ1) is 7.70. The summed E-state index contributed by atoms with van der Waals surface area (Å²) in [6, 6.07) is 6.56. The van der Waals surface area contributed by atoms with Crippen LogP contribution in [0.4, 0.5) is 0 Å². The van der Waals surface area contributed by atoms with Crippen LogP contribution in [0, 0.1) is 11.3 Å². The van der Waals surface area contributed by atoms with Crippen LogP contribution in [-0.4, -0.2) is 24.7 Å². The van der Waals surface area contributed by atoms with Crippen LogP contribution in [-0.2, 0) is 0 Å². The molecule has 0 aliphatic heterocycles. The van der Waals surface area contributed by atoms with Crippen LogP contribution < -0.4 is 10.1 Å². The maximum Gasteiger partial charge on any atom is 0.255 e. The van der Waals surface area contributed by atoms with Crippen molar-refractivity contribution in [3.05, 3.63) is 23.8 Å². The average Bonchev–Trinajstić information content (AvgIpc) is 2.29. The van der Waals surface area contributed by atoms with Crippen LogP contribution in [0.5, 0.6) is 11.5 Å². The molecule has 1 aromatic rings. The fourth-order valence-electron chi connectivity index (χ4n) is 1.20. The Morgan fingerprint density at radius 2 is 2.38 bits per heavy atom. The van der Waals surface area contributed by atoms with Crippen LogP contribution in [0.1, 0.15) is 16.8 Å². The fraction of sp³-hybridized carbons (Fsp3) is 0.273. The Kier molecular flexibility index (Phi) is 4.16. The van der Waals surface area contributed by atoms with Crippen molar-refractivity contribution < 1.29 is 14.6 Å². The fourth-order valence-corrected chi connectivity index (χ4v) is 1.20. The van der Waals surface area contributed by atoms with E-state index in [-0.39, 0.29) is 30.0 Å². The summed E-state index contributed by atoms with van der Waals surface area (Å²) in [6.07, 6.45) is 0.233. The van der Waals surface area contributed by atoms with Gasteiger partial charge in [0.25, 0.3) is 5.91 Å². The summed E-state index contributed by atoms with van der Waals surface area (Å²) in [5.74, 6) is -0.376. The van der Waals surface area contributed by atoms with E-state index in [1.807, 2.05) is 6.07 Å². The lowest BCUT2D eigenvalue weighted by Crippen LogP contribution is -2.24. The van der Waals surface area contributed by atoms with E-state index in [9.17, 15) is 9.90 Å². The number of hydrogen-bond acceptors (Lipinski definition) is 4. The van der Waals surface area contributed by atoms with Gasteiger partial charge in [0.2, 0.25) is 0 Å². The minimum absolute atomic E-state index is 0.136. The topological polar surface area (TPSA) is 82.3 Å². The van der Waals surface area contributed by atoms with Crippen LogP contribution in [0.15, 0.2) is 18.2 Å². The van der Waals surface area contributed by atoms with Gasteiger partial charge in [-0.15, -0.1) is 0 Å². The molecule has 0 bridgehead atoms. The number of carbonyl (C=O) groups excluding carboxylic acids is 1. The zero-order valence-electron chi connectivity index (χ0n) is 8.86. The molecule has 0 fully saturated rings. The average molecular weight is 220 g/mol. The number of nitriles is 1. The van der Waals surface area contributed by atoms with Gasteiger partial charge in [-0.3, -0.25) is 4.79 Å². The summed E-state index contributed by atoms with van der Waals surface area (Å²) >= 11 is 0. The summed E-state index contributed by atoms with van der Waals surface area (Å²) in [6.45, 7) is 0.256. The maximum absolute atomic E-state index is 11.6. The molecule has 1 aromatic carbocycles. The summed E-state index contributed by atoms with van der Waals surface area (Å²) in [4.78, 5) is 11.6. The van der Waals surface area contributed by atoms with Crippen LogP contribution >= 0.6 is 0 Å². The Bertz CT molecular complexity index is 424. The molecule has 1 rings (SSSR count). The molecule has 1 amide bonds. The van der Waals surface area contributed by atoms with Gasteiger partial charge in [0.05, 0.1) is 25.2 Å². The number of amides is 1. The molecule has 0 aliphatic carbocycles. The third kappa shape index (κ3) is 2.64. The Hall–Kier alpha value is -2.22. The van der Waals surface area contributed by atoms with Crippen molar-refractivity contribution in [2.75, 3.05) is 13.7 Å². The molecular weight excluding hydrogens is 208 g/mol. The third-order valence-corrected chi connectivity index (χ3v) is 1.99. The van der Waals surface area contributed by atoms with E-state index in [4.69, 9.17) is 10.00 Å². The van der Waals surface area contributed by atoms with Gasteiger partial charge in [0, 0.05) is 6.54 Å². The highest BCUT2D eigenvalue weighted by Crippen LogP contribution is 2.28. The van der Waals surface area contributed by atoms with Crippen molar-refractivity contribution in [1.29, 1.82) is 5.26 Å². The Morgan fingerprint density at radius 1 is 1.62 bits per heavy atom. The van der Waals surface area contributed by atoms with Crippen LogP contribution in [0.2, 0.25) is 0 Å². The third-order valence-electron chi connectivity index (χ3n) is 1.99. The van der Waals surface area contributed by atoms with Crippen molar-refractivity contribution in [2.45, 2.75) is 6.42 Å². The smallest absolute Gasteiger partial charge is 0.255 e. The molecule has 0 heterocycles. The molecule has 84 valence electrons. The lowest BCUT2D eigenvalue weighted by Gasteiger charge is -2.08. The van der Waals surface area contributed by atoms with Gasteiger partial charge in [-0.05, 0) is 12.1 Å². The zero-order valence-corrected chi connectivity index (χ0v) is 8.86. The largest absolute Gasteiger partial charge is 0.504 e. The number of rotatable bonds is 4. The van der Waals surface area contributed by atoms with Gasteiger partial charge in [-0.1, -0.05) is 6.07 Å². The molecule has 0 saturated heterocycles. The molecule has 0 saturated carbocycles. The highest BCUT2D eigenvalue weighted by molar-refractivity contribution is 5.97. The van der Waals surface area contributed by atoms with E-state index in [1.54, 1.807) is 12.1 Å². The second-order valence-corrected chi connectivity index (χ2v) is 3.02. The first-order valence-corrected chi connectivity index (χ1v) is 4.71. The number of phenols is 1. The standard InChI is InChI=1S/C11H12N2O3/c1-16-9-5-2-4-8(10(9)14)11(15)13-7-3-6-12/h2,4-5,14H,3,7H2,1H3,(H,13,15). The lowest BCUT2D eigenvalue weighted by molar-refractivity contribution is 0.0951. The molecule has 0 unspecified atom stereocenters. The van der Waals surface area contributed by atoms with Crippen molar-refractivity contribution in [3.8, 4) is 17.6 Å². The molecule has 0 spiro atoms. The summed E-state index contributed by atoms with van der Waals surface area (Å²) in [5, 5.41) is 20.5. The number of ether oxygens (including phenoxy) is 1. The molecule has 0 radical (unpaired) electrons. The molecule has 2 N–H and O–H groups in total. The minimum atomic E-state index is -0.424. The van der Waals surface area contributed by atoms with E-state index in [0.29, 0.717) is 0 Å². The van der Waals surface area contributed by atoms with Gasteiger partial charge in [0.1, 0.15) is 0 Å². The van der Waals surface area contributed by atoms with Gasteiger partial charge in [-0.2, -0.15) is 5.26 Å². The van der Waals surface area contributed by atoms with Crippen LogP contribution in [0.3, 0.4) is 0 Å². The molecule has 0 atom stereocenters. The Morgan fingerprint density at radius 3 is 3.00 bits per heavy atom. The van der Waals surface area contributed by atoms with E-state index >= 15 is 0 Å². The predicted octanol–water partition coefficient (Wildman–Crippen LogP) is 1.04. The Labute approximate surface area is 93.3 Å². The van der Waals surface area contributed by atoms with Crippen molar-refractivity contribution >= 4 is 5.91 Å². The van der Waals surface area contributed by atoms with E-state index in [2.05, 4.69) is 5.32 Å². The molecule has 5 heteroatoms. The number of nitrogens with zero attached hydrogens (tertiary/aromatic N) is 1. The monoisotopic (exact) mass is 220 g/mol. The Balaban J connectivity index is 2.80. The van der Waals surface area contributed by atoms with Crippen molar-refractivity contribution in [2.24, 2.45) is 0 Å². The molecule has 0 aliphatic rings. The number of hydrogen-bond donors (Lipinski definition) is 2. The van der Waals surface area contributed by atoms with Gasteiger partial charge in [-0.25, -0.2) is 0 Å². The normalized spacial score (nSPS) is 9.25. The highest BCUT2D eigenvalue weighted by atomic mass is 16.5. The number of nitrogens with one attached hydrogen (secondary N) is 1. The van der Waals surface area contributed by atoms with E-state index in [1.165, 1.54) is 13.2 Å². The number of carbonyl (C=O) groups is 1. The van der Waals surface area contributed by atoms with Gasteiger partial charge < -0.3 is 15.2 Å². The number of para-hydroxylation sites is 1. The number of methoxy groups -OCH3 is 1. The van der Waals surface area contributed by atoms with E-state index < -0.39 is 5.91 Å². The number of benzene rings is 1. The SMILES string of the molecule is COc1cccc(C(=O)NCCC#N)c1O. The second-order valence-electron chi connectivity index (χ2n) is 3.02. The number of phenolic OH excluding ortho intramolecular Hbond substituents is 1. The predicted molar refractivity (Wildman–Crippen MR) is 57.2 cm³/mol. The second kappa shape index (κ2) is 5.61. The van der Waals surface area contributed by atoms with Gasteiger partial charge in [0.15, 0.2) is 11.5 Å². The summed E-state index contributed by atoms with van der Waals surface area (Å²) in [5.41, 5.74) is 0.136. The molecule has 5 nitrogen and oxygen atoms in total. The summed E-state index contributed by atoms with van der Waals surface area (Å²) < 4.78 is 4.88. The maximum atomic E-state index is 11.6. The van der Waals surface area contributed by atoms with Crippen LogP contribution in [0.25, 0.3) is 0 Å².